The van der Waals surface area contributed by atoms with Crippen LogP contribution in [0.3, 0.4) is 0 Å². The number of sulfonamides is 1. The zero-order valence-corrected chi connectivity index (χ0v) is 20.0. The lowest BCUT2D eigenvalue weighted by Crippen LogP contribution is -2.25. The van der Waals surface area contributed by atoms with E-state index in [0.29, 0.717) is 21.8 Å². The molecule has 8 heteroatoms. The van der Waals surface area contributed by atoms with Gasteiger partial charge in [0.1, 0.15) is 11.5 Å². The monoisotopic (exact) mass is 471 g/mol. The standard InChI is InChI=1S/C24H25NO5S2/c1-5-25(32(28,29)22-14-17(3)18(4)23(15-22)24(26)27)31-21-12-10-20(11-13-21)30-19-8-6-16(2)7-9-19/h6-15H,5H2,1-4H3,(H,26,27). The fourth-order valence-electron chi connectivity index (χ4n) is 3.03. The van der Waals surface area contributed by atoms with Gasteiger partial charge in [0.15, 0.2) is 0 Å². The van der Waals surface area contributed by atoms with E-state index in [1.165, 1.54) is 15.8 Å². The Balaban J connectivity index is 1.81. The van der Waals surface area contributed by atoms with Crippen molar-refractivity contribution >= 4 is 27.9 Å². The number of hydrogen-bond acceptors (Lipinski definition) is 5. The molecule has 3 aromatic rings. The van der Waals surface area contributed by atoms with E-state index in [4.69, 9.17) is 4.74 Å². The lowest BCUT2D eigenvalue weighted by Gasteiger charge is -2.20. The van der Waals surface area contributed by atoms with Crippen molar-refractivity contribution in [1.29, 1.82) is 0 Å². The van der Waals surface area contributed by atoms with Gasteiger partial charge in [-0.3, -0.25) is 0 Å². The van der Waals surface area contributed by atoms with E-state index in [2.05, 4.69) is 0 Å². The van der Waals surface area contributed by atoms with Gasteiger partial charge >= 0.3 is 5.97 Å². The molecule has 0 aromatic heterocycles. The summed E-state index contributed by atoms with van der Waals surface area (Å²) in [5.74, 6) is 0.213. The molecule has 0 radical (unpaired) electrons. The van der Waals surface area contributed by atoms with Crippen molar-refractivity contribution in [3.63, 3.8) is 0 Å². The van der Waals surface area contributed by atoms with Crippen molar-refractivity contribution in [2.75, 3.05) is 6.54 Å². The predicted molar refractivity (Wildman–Crippen MR) is 126 cm³/mol. The summed E-state index contributed by atoms with van der Waals surface area (Å²) in [7, 11) is -3.91. The smallest absolute Gasteiger partial charge is 0.336 e. The van der Waals surface area contributed by atoms with Crippen LogP contribution in [0.1, 0.15) is 34.0 Å². The molecular formula is C24H25NO5S2. The summed E-state index contributed by atoms with van der Waals surface area (Å²) in [4.78, 5) is 12.2. The minimum atomic E-state index is -3.91. The Morgan fingerprint density at radius 2 is 1.53 bits per heavy atom. The summed E-state index contributed by atoms with van der Waals surface area (Å²) in [6.07, 6.45) is 0. The Morgan fingerprint density at radius 1 is 0.969 bits per heavy atom. The summed E-state index contributed by atoms with van der Waals surface area (Å²) in [6, 6.07) is 17.6. The van der Waals surface area contributed by atoms with Crippen LogP contribution in [0.15, 0.2) is 70.5 Å². The molecule has 0 saturated carbocycles. The van der Waals surface area contributed by atoms with E-state index >= 15 is 0 Å². The maximum Gasteiger partial charge on any atom is 0.336 e. The number of carbonyl (C=O) groups is 1. The van der Waals surface area contributed by atoms with Gasteiger partial charge in [0.05, 0.1) is 10.5 Å². The molecule has 168 valence electrons. The van der Waals surface area contributed by atoms with Gasteiger partial charge in [-0.15, -0.1) is 3.71 Å². The minimum Gasteiger partial charge on any atom is -0.478 e. The van der Waals surface area contributed by atoms with Crippen molar-refractivity contribution in [1.82, 2.24) is 3.71 Å². The van der Waals surface area contributed by atoms with Gasteiger partial charge in [0.25, 0.3) is 10.0 Å². The molecule has 0 bridgehead atoms. The van der Waals surface area contributed by atoms with E-state index in [-0.39, 0.29) is 17.0 Å². The highest BCUT2D eigenvalue weighted by Crippen LogP contribution is 2.32. The number of rotatable bonds is 8. The first-order valence-corrected chi connectivity index (χ1v) is 12.2. The number of aryl methyl sites for hydroxylation is 2. The third-order valence-electron chi connectivity index (χ3n) is 4.98. The summed E-state index contributed by atoms with van der Waals surface area (Å²) in [6.45, 7) is 7.32. The third kappa shape index (κ3) is 5.32. The highest BCUT2D eigenvalue weighted by Gasteiger charge is 2.26. The maximum atomic E-state index is 13.2. The molecule has 0 aliphatic carbocycles. The topological polar surface area (TPSA) is 83.9 Å². The molecule has 0 atom stereocenters. The van der Waals surface area contributed by atoms with Crippen LogP contribution < -0.4 is 4.74 Å². The molecule has 6 nitrogen and oxygen atoms in total. The summed E-state index contributed by atoms with van der Waals surface area (Å²) in [5, 5.41) is 9.43. The number of benzene rings is 3. The SMILES string of the molecule is CCN(Sc1ccc(Oc2ccc(C)cc2)cc1)S(=O)(=O)c1cc(C)c(C)c(C(=O)O)c1. The minimum absolute atomic E-state index is 0.0118. The number of carboxylic acid groups (broad SMARTS) is 1. The summed E-state index contributed by atoms with van der Waals surface area (Å²) < 4.78 is 33.5. The largest absolute Gasteiger partial charge is 0.478 e. The molecule has 0 aliphatic heterocycles. The molecule has 32 heavy (non-hydrogen) atoms. The number of aromatic carboxylic acids is 1. The quantitative estimate of drug-likeness (QED) is 0.417. The first kappa shape index (κ1) is 23.8. The Labute approximate surface area is 193 Å². The van der Waals surface area contributed by atoms with Gasteiger partial charge in [-0.25, -0.2) is 13.2 Å². The normalized spacial score (nSPS) is 11.5. The van der Waals surface area contributed by atoms with Gasteiger partial charge in [0, 0.05) is 11.4 Å². The zero-order valence-electron chi connectivity index (χ0n) is 18.3. The molecule has 0 heterocycles. The van der Waals surface area contributed by atoms with E-state index < -0.39 is 16.0 Å². The van der Waals surface area contributed by atoms with Gasteiger partial charge in [0.2, 0.25) is 0 Å². The molecule has 0 fully saturated rings. The average Bonchev–Trinajstić information content (AvgIpc) is 2.76. The number of ether oxygens (including phenoxy) is 1. The second-order valence-corrected chi connectivity index (χ2v) is 10.5. The molecule has 0 unspecified atom stereocenters. The van der Waals surface area contributed by atoms with Crippen molar-refractivity contribution < 1.29 is 23.1 Å². The van der Waals surface area contributed by atoms with Crippen LogP contribution >= 0.6 is 11.9 Å². The Hall–Kier alpha value is -2.81. The summed E-state index contributed by atoms with van der Waals surface area (Å²) >= 11 is 1.07. The van der Waals surface area contributed by atoms with Crippen LogP contribution in [0.2, 0.25) is 0 Å². The second kappa shape index (κ2) is 9.77. The zero-order chi connectivity index (χ0) is 23.5. The molecule has 3 rings (SSSR count). The molecule has 3 aromatic carbocycles. The van der Waals surface area contributed by atoms with Crippen molar-refractivity contribution in [2.24, 2.45) is 0 Å². The van der Waals surface area contributed by atoms with Gasteiger partial charge in [-0.1, -0.05) is 24.6 Å². The van der Waals surface area contributed by atoms with E-state index in [1.807, 2.05) is 31.2 Å². The maximum absolute atomic E-state index is 13.2. The van der Waals surface area contributed by atoms with Crippen LogP contribution in [-0.4, -0.2) is 29.7 Å². The number of carboxylic acids is 1. The van der Waals surface area contributed by atoms with Gasteiger partial charge in [-0.05, 0) is 92.4 Å². The first-order valence-electron chi connectivity index (χ1n) is 10.0. The first-order chi connectivity index (χ1) is 15.1. The van der Waals surface area contributed by atoms with Gasteiger partial charge < -0.3 is 9.84 Å². The van der Waals surface area contributed by atoms with Crippen molar-refractivity contribution in [2.45, 2.75) is 37.5 Å². The Kier molecular flexibility index (Phi) is 7.28. The van der Waals surface area contributed by atoms with Crippen LogP contribution in [0, 0.1) is 20.8 Å². The Bertz CT molecular complexity index is 1220. The number of nitrogens with zero attached hydrogens (tertiary/aromatic N) is 1. The van der Waals surface area contributed by atoms with E-state index in [0.717, 1.165) is 23.3 Å². The van der Waals surface area contributed by atoms with Gasteiger partial charge in [-0.2, -0.15) is 0 Å². The second-order valence-electron chi connectivity index (χ2n) is 7.32. The molecule has 0 amide bonds. The molecule has 1 N–H and O–H groups in total. The third-order valence-corrected chi connectivity index (χ3v) is 8.37. The van der Waals surface area contributed by atoms with Crippen LogP contribution in [0.5, 0.6) is 11.5 Å². The lowest BCUT2D eigenvalue weighted by molar-refractivity contribution is 0.0695. The Morgan fingerprint density at radius 3 is 2.06 bits per heavy atom. The van der Waals surface area contributed by atoms with Crippen LogP contribution in [0.4, 0.5) is 0 Å². The fraction of sp³-hybridized carbons (Fsp3) is 0.208. The lowest BCUT2D eigenvalue weighted by atomic mass is 10.0. The predicted octanol–water partition coefficient (Wildman–Crippen LogP) is 5.82. The average molecular weight is 472 g/mol. The van der Waals surface area contributed by atoms with Crippen molar-refractivity contribution in [3.8, 4) is 11.5 Å². The number of hydrogen-bond donors (Lipinski definition) is 1. The van der Waals surface area contributed by atoms with Crippen molar-refractivity contribution in [3.05, 3.63) is 82.9 Å². The summed E-state index contributed by atoms with van der Waals surface area (Å²) in [5.41, 5.74) is 2.30. The highest BCUT2D eigenvalue weighted by molar-refractivity contribution is 8.08. The van der Waals surface area contributed by atoms with E-state index in [1.54, 1.807) is 45.0 Å². The van der Waals surface area contributed by atoms with Crippen LogP contribution in [-0.2, 0) is 10.0 Å². The molecular weight excluding hydrogens is 446 g/mol. The highest BCUT2D eigenvalue weighted by atomic mass is 32.3. The molecule has 0 spiro atoms. The van der Waals surface area contributed by atoms with Crippen LogP contribution in [0.25, 0.3) is 0 Å². The molecule has 0 aliphatic rings. The molecule has 0 saturated heterocycles. The van der Waals surface area contributed by atoms with E-state index in [9.17, 15) is 18.3 Å². The fourth-order valence-corrected chi connectivity index (χ4v) is 5.73.